The molecule has 1 atom stereocenters. The van der Waals surface area contributed by atoms with Gasteiger partial charge in [0, 0.05) is 17.6 Å². The van der Waals surface area contributed by atoms with E-state index in [4.69, 9.17) is 0 Å². The Morgan fingerprint density at radius 2 is 2.33 bits per heavy atom. The average molecular weight is 287 g/mol. The lowest BCUT2D eigenvalue weighted by Gasteiger charge is -2.10. The van der Waals surface area contributed by atoms with Gasteiger partial charge in [-0.25, -0.2) is 0 Å². The summed E-state index contributed by atoms with van der Waals surface area (Å²) in [6, 6.07) is 5.71. The van der Waals surface area contributed by atoms with E-state index in [-0.39, 0.29) is 0 Å². The summed E-state index contributed by atoms with van der Waals surface area (Å²) in [5.41, 5.74) is 0.840. The van der Waals surface area contributed by atoms with E-state index in [0.29, 0.717) is 0 Å². The molecule has 0 amide bonds. The third-order valence-electron chi connectivity index (χ3n) is 2.19. The van der Waals surface area contributed by atoms with Crippen LogP contribution in [0.15, 0.2) is 28.2 Å². The molecule has 0 aliphatic rings. The molecule has 1 unspecified atom stereocenters. The first-order valence-electron chi connectivity index (χ1n) is 4.67. The van der Waals surface area contributed by atoms with Crippen molar-refractivity contribution in [1.82, 2.24) is 9.78 Å². The fourth-order valence-corrected chi connectivity index (χ4v) is 2.88. The second-order valence-electron chi connectivity index (χ2n) is 3.12. The zero-order valence-corrected chi connectivity index (χ0v) is 10.6. The lowest BCUT2D eigenvalue weighted by atomic mass is 10.2. The van der Waals surface area contributed by atoms with Gasteiger partial charge in [0.1, 0.15) is 6.10 Å². The topological polar surface area (TPSA) is 38.0 Å². The molecule has 1 N–H and O–H groups in total. The zero-order valence-electron chi connectivity index (χ0n) is 8.22. The maximum absolute atomic E-state index is 10.1. The van der Waals surface area contributed by atoms with Crippen molar-refractivity contribution in [3.8, 4) is 0 Å². The molecule has 0 aliphatic heterocycles. The highest BCUT2D eigenvalue weighted by molar-refractivity contribution is 9.11. The van der Waals surface area contributed by atoms with Crippen LogP contribution >= 0.6 is 27.3 Å². The summed E-state index contributed by atoms with van der Waals surface area (Å²) < 4.78 is 2.83. The normalized spacial score (nSPS) is 13.0. The van der Waals surface area contributed by atoms with Crippen molar-refractivity contribution in [2.45, 2.75) is 19.6 Å². The van der Waals surface area contributed by atoms with Crippen LogP contribution in [0.1, 0.15) is 23.6 Å². The SMILES string of the molecule is CCn1nccc1C(O)c1ccc(Br)s1. The zero-order chi connectivity index (χ0) is 10.8. The molecule has 3 nitrogen and oxygen atoms in total. The van der Waals surface area contributed by atoms with Crippen molar-refractivity contribution in [2.75, 3.05) is 0 Å². The molecule has 15 heavy (non-hydrogen) atoms. The number of aryl methyl sites for hydroxylation is 1. The summed E-state index contributed by atoms with van der Waals surface area (Å²) in [4.78, 5) is 0.928. The number of rotatable bonds is 3. The Morgan fingerprint density at radius 1 is 1.53 bits per heavy atom. The number of hydrogen-bond acceptors (Lipinski definition) is 3. The van der Waals surface area contributed by atoms with E-state index in [0.717, 1.165) is 20.9 Å². The van der Waals surface area contributed by atoms with Crippen LogP contribution in [0.25, 0.3) is 0 Å². The molecule has 0 spiro atoms. The first-order chi connectivity index (χ1) is 7.22. The van der Waals surface area contributed by atoms with E-state index >= 15 is 0 Å². The van der Waals surface area contributed by atoms with Gasteiger partial charge >= 0.3 is 0 Å². The number of hydrogen-bond donors (Lipinski definition) is 1. The van der Waals surface area contributed by atoms with Crippen molar-refractivity contribution in [2.24, 2.45) is 0 Å². The Labute approximate surface area is 100 Å². The van der Waals surface area contributed by atoms with Crippen LogP contribution in [0.3, 0.4) is 0 Å². The van der Waals surface area contributed by atoms with Crippen molar-refractivity contribution >= 4 is 27.3 Å². The molecule has 2 heterocycles. The molecule has 5 heteroatoms. The van der Waals surface area contributed by atoms with E-state index < -0.39 is 6.10 Å². The lowest BCUT2D eigenvalue weighted by Crippen LogP contribution is -2.07. The van der Waals surface area contributed by atoms with Crippen LogP contribution < -0.4 is 0 Å². The van der Waals surface area contributed by atoms with Gasteiger partial charge in [0.05, 0.1) is 9.48 Å². The molecule has 0 radical (unpaired) electrons. The van der Waals surface area contributed by atoms with E-state index in [1.54, 1.807) is 10.9 Å². The number of thiophene rings is 1. The average Bonchev–Trinajstić information content (AvgIpc) is 2.84. The number of aliphatic hydroxyl groups excluding tert-OH is 1. The van der Waals surface area contributed by atoms with E-state index in [2.05, 4.69) is 21.0 Å². The van der Waals surface area contributed by atoms with Crippen LogP contribution in [0, 0.1) is 0 Å². The Kier molecular flexibility index (Phi) is 3.23. The van der Waals surface area contributed by atoms with Crippen LogP contribution in [0.4, 0.5) is 0 Å². The minimum Gasteiger partial charge on any atom is -0.381 e. The summed E-state index contributed by atoms with van der Waals surface area (Å²) >= 11 is 4.92. The standard InChI is InChI=1S/C10H11BrN2OS/c1-2-13-7(5-6-12-13)10(14)8-3-4-9(11)15-8/h3-6,10,14H,2H2,1H3. The van der Waals surface area contributed by atoms with Crippen molar-refractivity contribution in [1.29, 1.82) is 0 Å². The van der Waals surface area contributed by atoms with Crippen molar-refractivity contribution in [3.05, 3.63) is 38.8 Å². The van der Waals surface area contributed by atoms with E-state index in [1.165, 1.54) is 11.3 Å². The van der Waals surface area contributed by atoms with Gasteiger partial charge in [-0.3, -0.25) is 4.68 Å². The highest BCUT2D eigenvalue weighted by atomic mass is 79.9. The van der Waals surface area contributed by atoms with Gasteiger partial charge in [-0.2, -0.15) is 5.10 Å². The second kappa shape index (κ2) is 4.47. The van der Waals surface area contributed by atoms with Crippen molar-refractivity contribution < 1.29 is 5.11 Å². The van der Waals surface area contributed by atoms with E-state index in [9.17, 15) is 5.11 Å². The summed E-state index contributed by atoms with van der Waals surface area (Å²) in [6.45, 7) is 2.78. The molecule has 0 saturated heterocycles. The summed E-state index contributed by atoms with van der Waals surface area (Å²) in [6.07, 6.45) is 1.13. The molecule has 2 aromatic heterocycles. The Balaban J connectivity index is 2.31. The highest BCUT2D eigenvalue weighted by Crippen LogP contribution is 2.30. The van der Waals surface area contributed by atoms with E-state index in [1.807, 2.05) is 25.1 Å². The van der Waals surface area contributed by atoms with Gasteiger partial charge in [0.2, 0.25) is 0 Å². The molecule has 0 aromatic carbocycles. The molecule has 0 saturated carbocycles. The number of nitrogens with zero attached hydrogens (tertiary/aromatic N) is 2. The quantitative estimate of drug-likeness (QED) is 0.942. The number of halogens is 1. The molecular formula is C10H11BrN2OS. The Morgan fingerprint density at radius 3 is 2.93 bits per heavy atom. The monoisotopic (exact) mass is 286 g/mol. The predicted molar refractivity (Wildman–Crippen MR) is 64.0 cm³/mol. The highest BCUT2D eigenvalue weighted by Gasteiger charge is 2.16. The third kappa shape index (κ3) is 2.14. The summed E-state index contributed by atoms with van der Waals surface area (Å²) in [5, 5.41) is 14.3. The first-order valence-corrected chi connectivity index (χ1v) is 6.28. The maximum Gasteiger partial charge on any atom is 0.130 e. The molecule has 80 valence electrons. The molecule has 0 fully saturated rings. The maximum atomic E-state index is 10.1. The fraction of sp³-hybridized carbons (Fsp3) is 0.300. The Hall–Kier alpha value is -0.650. The molecule has 2 rings (SSSR count). The largest absolute Gasteiger partial charge is 0.381 e. The van der Waals surface area contributed by atoms with Gasteiger partial charge in [0.25, 0.3) is 0 Å². The number of aliphatic hydroxyl groups is 1. The fourth-order valence-electron chi connectivity index (χ4n) is 1.46. The number of aromatic nitrogens is 2. The second-order valence-corrected chi connectivity index (χ2v) is 5.61. The van der Waals surface area contributed by atoms with Gasteiger partial charge in [-0.15, -0.1) is 11.3 Å². The smallest absolute Gasteiger partial charge is 0.130 e. The molecule has 2 aromatic rings. The summed E-state index contributed by atoms with van der Waals surface area (Å²) in [7, 11) is 0. The minimum absolute atomic E-state index is 0.580. The van der Waals surface area contributed by atoms with Gasteiger partial charge < -0.3 is 5.11 Å². The molecular weight excluding hydrogens is 276 g/mol. The van der Waals surface area contributed by atoms with Crippen LogP contribution in [0.5, 0.6) is 0 Å². The lowest BCUT2D eigenvalue weighted by molar-refractivity contribution is 0.212. The van der Waals surface area contributed by atoms with Crippen LogP contribution in [-0.2, 0) is 6.54 Å². The molecule has 0 bridgehead atoms. The van der Waals surface area contributed by atoms with Crippen molar-refractivity contribution in [3.63, 3.8) is 0 Å². The van der Waals surface area contributed by atoms with Gasteiger partial charge in [0.15, 0.2) is 0 Å². The predicted octanol–water partition coefficient (Wildman–Crippen LogP) is 2.81. The van der Waals surface area contributed by atoms with Gasteiger partial charge in [-0.05, 0) is 41.1 Å². The van der Waals surface area contributed by atoms with Crippen LogP contribution in [-0.4, -0.2) is 14.9 Å². The minimum atomic E-state index is -0.580. The first kappa shape index (κ1) is 10.9. The third-order valence-corrected chi connectivity index (χ3v) is 3.87. The van der Waals surface area contributed by atoms with Gasteiger partial charge in [-0.1, -0.05) is 0 Å². The Bertz CT molecular complexity index is 452. The molecule has 0 aliphatic carbocycles. The summed E-state index contributed by atoms with van der Waals surface area (Å²) in [5.74, 6) is 0. The van der Waals surface area contributed by atoms with Crippen LogP contribution in [0.2, 0.25) is 0 Å².